The third-order valence-corrected chi connectivity index (χ3v) is 6.97. The molecule has 0 saturated carbocycles. The van der Waals surface area contributed by atoms with Gasteiger partial charge < -0.3 is 10.2 Å². The molecular weight excluding hydrogens is 430 g/mol. The number of carbonyl (C=O) groups is 1. The summed E-state index contributed by atoms with van der Waals surface area (Å²) in [7, 11) is -1.48. The van der Waals surface area contributed by atoms with E-state index in [-0.39, 0.29) is 10.8 Å². The van der Waals surface area contributed by atoms with Gasteiger partial charge in [-0.15, -0.1) is 0 Å². The number of amides is 1. The van der Waals surface area contributed by atoms with E-state index in [1.165, 1.54) is 4.31 Å². The van der Waals surface area contributed by atoms with Gasteiger partial charge in [-0.05, 0) is 42.9 Å². The third kappa shape index (κ3) is 4.95. The van der Waals surface area contributed by atoms with Crippen molar-refractivity contribution in [3.8, 4) is 0 Å². The minimum Gasteiger partial charge on any atom is -0.348 e. The largest absolute Gasteiger partial charge is 0.348 e. The lowest BCUT2D eigenvalue weighted by Crippen LogP contribution is -2.47. The number of nitrogens with one attached hydrogen (secondary N) is 1. The topological polar surface area (TPSA) is 69.7 Å². The minimum absolute atomic E-state index is 0.176. The third-order valence-electron chi connectivity index (χ3n) is 4.56. The van der Waals surface area contributed by atoms with E-state index >= 15 is 0 Å². The van der Waals surface area contributed by atoms with Gasteiger partial charge in [0.05, 0.1) is 4.90 Å². The quantitative estimate of drug-likeness (QED) is 0.756. The Hall–Kier alpha value is -1.74. The molecule has 1 amide bonds. The number of sulfonamides is 1. The van der Waals surface area contributed by atoms with Gasteiger partial charge in [0.25, 0.3) is 5.91 Å². The second-order valence-electron chi connectivity index (χ2n) is 6.54. The van der Waals surface area contributed by atoms with Crippen molar-refractivity contribution in [2.75, 3.05) is 33.2 Å². The number of rotatable bonds is 5. The first-order chi connectivity index (χ1) is 12.9. The monoisotopic (exact) mass is 451 g/mol. The maximum Gasteiger partial charge on any atom is 0.251 e. The Kier molecular flexibility index (Phi) is 6.31. The molecule has 1 N–H and O–H groups in total. The highest BCUT2D eigenvalue weighted by atomic mass is 79.9. The molecule has 0 radical (unpaired) electrons. The van der Waals surface area contributed by atoms with E-state index in [1.54, 1.807) is 42.5 Å². The summed E-state index contributed by atoms with van der Waals surface area (Å²) in [5, 5.41) is 2.84. The molecule has 8 heteroatoms. The molecule has 27 heavy (non-hydrogen) atoms. The Morgan fingerprint density at radius 3 is 2.37 bits per heavy atom. The van der Waals surface area contributed by atoms with Crippen molar-refractivity contribution in [3.05, 3.63) is 64.1 Å². The summed E-state index contributed by atoms with van der Waals surface area (Å²) in [4.78, 5) is 14.6. The molecule has 0 atom stereocenters. The molecule has 2 aromatic rings. The molecular formula is C19H22BrN3O3S. The van der Waals surface area contributed by atoms with Gasteiger partial charge in [-0.3, -0.25) is 4.79 Å². The standard InChI is InChI=1S/C19H22BrN3O3S/c1-22-9-11-23(12-10-22)27(25,26)18-7-5-15(6-8-18)14-21-19(24)16-3-2-4-17(20)13-16/h2-8,13H,9-12,14H2,1H3,(H,21,24). The van der Waals surface area contributed by atoms with Crippen LogP contribution < -0.4 is 5.32 Å². The Morgan fingerprint density at radius 2 is 1.74 bits per heavy atom. The van der Waals surface area contributed by atoms with E-state index in [9.17, 15) is 13.2 Å². The predicted octanol–water partition coefficient (Wildman–Crippen LogP) is 2.32. The minimum atomic E-state index is -3.47. The SMILES string of the molecule is CN1CCN(S(=O)(=O)c2ccc(CNC(=O)c3cccc(Br)c3)cc2)CC1. The molecule has 2 aromatic carbocycles. The van der Waals surface area contributed by atoms with Crippen LogP contribution in [0.15, 0.2) is 57.9 Å². The molecule has 3 rings (SSSR count). The summed E-state index contributed by atoms with van der Waals surface area (Å²) in [6.07, 6.45) is 0. The lowest BCUT2D eigenvalue weighted by atomic mass is 10.2. The summed E-state index contributed by atoms with van der Waals surface area (Å²) < 4.78 is 27.8. The molecule has 1 heterocycles. The van der Waals surface area contributed by atoms with E-state index in [2.05, 4.69) is 26.1 Å². The fourth-order valence-electron chi connectivity index (χ4n) is 2.87. The Balaban J connectivity index is 1.62. The highest BCUT2D eigenvalue weighted by Crippen LogP contribution is 2.18. The van der Waals surface area contributed by atoms with E-state index in [4.69, 9.17) is 0 Å². The van der Waals surface area contributed by atoms with Crippen LogP contribution in [0.5, 0.6) is 0 Å². The van der Waals surface area contributed by atoms with Crippen LogP contribution in [0, 0.1) is 0 Å². The highest BCUT2D eigenvalue weighted by molar-refractivity contribution is 9.10. The van der Waals surface area contributed by atoms with Gasteiger partial charge in [0.2, 0.25) is 10.0 Å². The molecule has 1 aliphatic heterocycles. The van der Waals surface area contributed by atoms with Crippen LogP contribution in [0.4, 0.5) is 0 Å². The molecule has 0 bridgehead atoms. The zero-order valence-corrected chi connectivity index (χ0v) is 17.5. The molecule has 0 unspecified atom stereocenters. The average molecular weight is 452 g/mol. The summed E-state index contributed by atoms with van der Waals surface area (Å²) in [5.74, 6) is -0.176. The number of nitrogens with zero attached hydrogens (tertiary/aromatic N) is 2. The summed E-state index contributed by atoms with van der Waals surface area (Å²) >= 11 is 3.35. The van der Waals surface area contributed by atoms with Crippen molar-refractivity contribution in [2.45, 2.75) is 11.4 Å². The highest BCUT2D eigenvalue weighted by Gasteiger charge is 2.27. The van der Waals surface area contributed by atoms with Gasteiger partial charge in [-0.2, -0.15) is 4.31 Å². The summed E-state index contributed by atoms with van der Waals surface area (Å²) in [6, 6.07) is 13.8. The Bertz CT molecular complexity index is 908. The lowest BCUT2D eigenvalue weighted by Gasteiger charge is -2.31. The van der Waals surface area contributed by atoms with Crippen LogP contribution >= 0.6 is 15.9 Å². The van der Waals surface area contributed by atoms with E-state index in [0.717, 1.165) is 23.1 Å². The predicted molar refractivity (Wildman–Crippen MR) is 108 cm³/mol. The lowest BCUT2D eigenvalue weighted by molar-refractivity contribution is 0.0951. The second kappa shape index (κ2) is 8.52. The first kappa shape index (κ1) is 20.0. The number of halogens is 1. The van der Waals surface area contributed by atoms with Crippen molar-refractivity contribution in [1.29, 1.82) is 0 Å². The molecule has 0 spiro atoms. The van der Waals surface area contributed by atoms with Crippen LogP contribution in [-0.2, 0) is 16.6 Å². The van der Waals surface area contributed by atoms with Crippen molar-refractivity contribution in [3.63, 3.8) is 0 Å². The van der Waals surface area contributed by atoms with Crippen molar-refractivity contribution < 1.29 is 13.2 Å². The number of hydrogen-bond acceptors (Lipinski definition) is 4. The normalized spacial score (nSPS) is 16.2. The van der Waals surface area contributed by atoms with Crippen molar-refractivity contribution in [1.82, 2.24) is 14.5 Å². The zero-order valence-electron chi connectivity index (χ0n) is 15.1. The van der Waals surface area contributed by atoms with Crippen LogP contribution in [0.2, 0.25) is 0 Å². The maximum absolute atomic E-state index is 12.7. The number of piperazine rings is 1. The fraction of sp³-hybridized carbons (Fsp3) is 0.316. The number of carbonyl (C=O) groups excluding carboxylic acids is 1. The summed E-state index contributed by atoms with van der Waals surface area (Å²) in [6.45, 7) is 2.81. The van der Waals surface area contributed by atoms with Gasteiger partial charge in [-0.25, -0.2) is 8.42 Å². The summed E-state index contributed by atoms with van der Waals surface area (Å²) in [5.41, 5.74) is 1.41. The zero-order chi connectivity index (χ0) is 19.4. The van der Waals surface area contributed by atoms with Crippen LogP contribution in [-0.4, -0.2) is 56.8 Å². The molecule has 144 valence electrons. The van der Waals surface area contributed by atoms with Crippen molar-refractivity contribution >= 4 is 31.9 Å². The van der Waals surface area contributed by atoms with E-state index in [0.29, 0.717) is 25.2 Å². The van der Waals surface area contributed by atoms with E-state index in [1.807, 2.05) is 13.1 Å². The Morgan fingerprint density at radius 1 is 1.07 bits per heavy atom. The molecule has 1 saturated heterocycles. The maximum atomic E-state index is 12.7. The number of hydrogen-bond donors (Lipinski definition) is 1. The number of benzene rings is 2. The van der Waals surface area contributed by atoms with Gasteiger partial charge in [0.1, 0.15) is 0 Å². The van der Waals surface area contributed by atoms with Crippen LogP contribution in [0.25, 0.3) is 0 Å². The van der Waals surface area contributed by atoms with Crippen molar-refractivity contribution in [2.24, 2.45) is 0 Å². The van der Waals surface area contributed by atoms with Gasteiger partial charge in [0, 0.05) is 42.8 Å². The Labute approximate surface area is 168 Å². The van der Waals surface area contributed by atoms with Gasteiger partial charge in [-0.1, -0.05) is 34.1 Å². The second-order valence-corrected chi connectivity index (χ2v) is 9.40. The fourth-order valence-corrected chi connectivity index (χ4v) is 4.69. The first-order valence-electron chi connectivity index (χ1n) is 8.68. The first-order valence-corrected chi connectivity index (χ1v) is 10.9. The smallest absolute Gasteiger partial charge is 0.251 e. The van der Waals surface area contributed by atoms with Crippen LogP contribution in [0.3, 0.4) is 0 Å². The van der Waals surface area contributed by atoms with Gasteiger partial charge >= 0.3 is 0 Å². The molecule has 6 nitrogen and oxygen atoms in total. The molecule has 0 aromatic heterocycles. The van der Waals surface area contributed by atoms with Crippen LogP contribution in [0.1, 0.15) is 15.9 Å². The molecule has 1 aliphatic rings. The average Bonchev–Trinajstić information content (AvgIpc) is 2.67. The van der Waals surface area contributed by atoms with Gasteiger partial charge in [0.15, 0.2) is 0 Å². The molecule has 1 fully saturated rings. The number of likely N-dealkylation sites (N-methyl/N-ethyl adjacent to an activating group) is 1. The van der Waals surface area contributed by atoms with E-state index < -0.39 is 10.0 Å². The molecule has 0 aliphatic carbocycles.